The number of hydrogen-bond acceptors (Lipinski definition) is 8. The number of aromatic nitrogens is 2. The number of piperidine rings is 1. The molecule has 8 nitrogen and oxygen atoms in total. The molecule has 1 aliphatic rings. The molecule has 206 valence electrons. The molecule has 3 aromatic rings. The molecule has 1 aromatic heterocycles. The highest BCUT2D eigenvalue weighted by Gasteiger charge is 2.31. The predicted molar refractivity (Wildman–Crippen MR) is 159 cm³/mol. The normalized spacial score (nSPS) is 15.4. The lowest BCUT2D eigenvalue weighted by Gasteiger charge is -2.37. The predicted octanol–water partition coefficient (Wildman–Crippen LogP) is 5.64. The van der Waals surface area contributed by atoms with Gasteiger partial charge in [-0.3, -0.25) is 0 Å². The average Bonchev–Trinajstić information content (AvgIpc) is 2.87. The Morgan fingerprint density at radius 2 is 1.77 bits per heavy atom. The Morgan fingerprint density at radius 3 is 2.44 bits per heavy atom. The minimum atomic E-state index is -3.53. The van der Waals surface area contributed by atoms with Gasteiger partial charge in [0.2, 0.25) is 5.95 Å². The van der Waals surface area contributed by atoms with Crippen molar-refractivity contribution in [3.63, 3.8) is 0 Å². The van der Waals surface area contributed by atoms with E-state index in [0.717, 1.165) is 37.1 Å². The summed E-state index contributed by atoms with van der Waals surface area (Å²) in [6.45, 7) is 11.0. The van der Waals surface area contributed by atoms with Crippen molar-refractivity contribution < 1.29 is 13.2 Å². The molecule has 0 aliphatic carbocycles. The molecule has 0 unspecified atom stereocenters. The van der Waals surface area contributed by atoms with Crippen molar-refractivity contribution >= 4 is 52.4 Å². The fourth-order valence-electron chi connectivity index (χ4n) is 4.65. The Balaban J connectivity index is 1.68. The van der Waals surface area contributed by atoms with Gasteiger partial charge < -0.3 is 20.7 Å². The number of hydrogen-bond donors (Lipinski definition) is 3. The van der Waals surface area contributed by atoms with E-state index in [4.69, 9.17) is 24.2 Å². The van der Waals surface area contributed by atoms with Crippen LogP contribution in [0.25, 0.3) is 0 Å². The fourth-order valence-corrected chi connectivity index (χ4v) is 5.99. The molecular formula is C28H35BClN5O3S. The first kappa shape index (κ1) is 29.2. The molecule has 3 N–H and O–H groups in total. The van der Waals surface area contributed by atoms with Crippen LogP contribution in [0, 0.1) is 6.92 Å². The zero-order chi connectivity index (χ0) is 28.4. The summed E-state index contributed by atoms with van der Waals surface area (Å²) in [4.78, 5) is 9.09. The molecule has 1 saturated heterocycles. The lowest BCUT2D eigenvalue weighted by Crippen LogP contribution is -2.40. The standard InChI is InChI=1S/C28H35BClN5O3S/c1-17(2)38-24-15-20(28(29)10-12-31-13-11-28)19(5)14-23(24)34-27-32-16-21(30)26(35-27)33-22-8-6-7-9-25(22)39(36,37)18(3)4/h6-9,14-18,31H,10-13H2,1-5H3,(H2,32,33,34,35). The van der Waals surface area contributed by atoms with Crippen molar-refractivity contribution in [1.29, 1.82) is 0 Å². The lowest BCUT2D eigenvalue weighted by molar-refractivity contribution is 0.243. The van der Waals surface area contributed by atoms with Crippen LogP contribution >= 0.6 is 11.6 Å². The summed E-state index contributed by atoms with van der Waals surface area (Å²) in [5.41, 5.74) is 3.18. The van der Waals surface area contributed by atoms with Crippen LogP contribution in [-0.2, 0) is 15.2 Å². The van der Waals surface area contributed by atoms with Gasteiger partial charge in [-0.1, -0.05) is 23.7 Å². The van der Waals surface area contributed by atoms with Gasteiger partial charge in [-0.05, 0) is 101 Å². The van der Waals surface area contributed by atoms with E-state index in [-0.39, 0.29) is 27.8 Å². The molecule has 2 radical (unpaired) electrons. The second kappa shape index (κ2) is 11.7. The van der Waals surface area contributed by atoms with Crippen molar-refractivity contribution in [2.24, 2.45) is 0 Å². The molecule has 0 spiro atoms. The minimum Gasteiger partial charge on any atom is -0.489 e. The van der Waals surface area contributed by atoms with Crippen molar-refractivity contribution in [3.8, 4) is 5.75 Å². The highest BCUT2D eigenvalue weighted by atomic mass is 35.5. The quantitative estimate of drug-likeness (QED) is 0.285. The van der Waals surface area contributed by atoms with Gasteiger partial charge in [0.1, 0.15) is 10.8 Å². The van der Waals surface area contributed by atoms with E-state index in [1.807, 2.05) is 32.9 Å². The second-order valence-electron chi connectivity index (χ2n) is 10.5. The second-order valence-corrected chi connectivity index (χ2v) is 13.3. The van der Waals surface area contributed by atoms with Gasteiger partial charge in [-0.15, -0.1) is 0 Å². The van der Waals surface area contributed by atoms with Crippen LogP contribution < -0.4 is 20.7 Å². The highest BCUT2D eigenvalue weighted by molar-refractivity contribution is 7.92. The Morgan fingerprint density at radius 1 is 1.08 bits per heavy atom. The Hall–Kier alpha value is -2.82. The molecule has 1 fully saturated rings. The van der Waals surface area contributed by atoms with Gasteiger partial charge in [-0.25, -0.2) is 13.4 Å². The van der Waals surface area contributed by atoms with Crippen LogP contribution in [0.2, 0.25) is 5.02 Å². The Kier molecular flexibility index (Phi) is 8.78. The van der Waals surface area contributed by atoms with E-state index < -0.39 is 20.4 Å². The number of sulfone groups is 1. The third-order valence-corrected chi connectivity index (χ3v) is 9.27. The van der Waals surface area contributed by atoms with Crippen molar-refractivity contribution in [2.75, 3.05) is 23.7 Å². The van der Waals surface area contributed by atoms with E-state index in [2.05, 4.69) is 25.9 Å². The zero-order valence-electron chi connectivity index (χ0n) is 23.0. The molecule has 2 heterocycles. The van der Waals surface area contributed by atoms with Gasteiger partial charge in [0.25, 0.3) is 0 Å². The van der Waals surface area contributed by atoms with E-state index >= 15 is 0 Å². The Bertz CT molecular complexity index is 1440. The highest BCUT2D eigenvalue weighted by Crippen LogP contribution is 2.39. The molecule has 2 aromatic carbocycles. The molecule has 4 rings (SSSR count). The minimum absolute atomic E-state index is 0.0642. The molecular weight excluding hydrogens is 533 g/mol. The number of ether oxygens (including phenoxy) is 1. The number of nitrogens with zero attached hydrogens (tertiary/aromatic N) is 2. The smallest absolute Gasteiger partial charge is 0.229 e. The molecule has 39 heavy (non-hydrogen) atoms. The van der Waals surface area contributed by atoms with Crippen LogP contribution in [0.4, 0.5) is 23.1 Å². The third kappa shape index (κ3) is 6.50. The van der Waals surface area contributed by atoms with E-state index in [1.165, 1.54) is 6.20 Å². The van der Waals surface area contributed by atoms with Crippen LogP contribution in [0.5, 0.6) is 5.75 Å². The largest absolute Gasteiger partial charge is 0.489 e. The van der Waals surface area contributed by atoms with Gasteiger partial charge in [-0.2, -0.15) is 4.98 Å². The first-order valence-electron chi connectivity index (χ1n) is 13.1. The van der Waals surface area contributed by atoms with Gasteiger partial charge in [0, 0.05) is 0 Å². The number of para-hydroxylation sites is 1. The molecule has 0 bridgehead atoms. The summed E-state index contributed by atoms with van der Waals surface area (Å²) >= 11 is 6.42. The number of nitrogens with one attached hydrogen (secondary N) is 3. The van der Waals surface area contributed by atoms with Crippen molar-refractivity contribution in [1.82, 2.24) is 15.3 Å². The number of aryl methyl sites for hydroxylation is 1. The molecule has 11 heteroatoms. The molecule has 0 atom stereocenters. The van der Waals surface area contributed by atoms with Gasteiger partial charge >= 0.3 is 0 Å². The van der Waals surface area contributed by atoms with Crippen LogP contribution in [-0.4, -0.2) is 50.7 Å². The average molecular weight is 568 g/mol. The number of halogens is 1. The Labute approximate surface area is 237 Å². The van der Waals surface area contributed by atoms with Crippen LogP contribution in [0.15, 0.2) is 47.5 Å². The maximum atomic E-state index is 12.9. The fraction of sp³-hybridized carbons (Fsp3) is 0.429. The van der Waals surface area contributed by atoms with E-state index in [9.17, 15) is 8.42 Å². The molecule has 0 amide bonds. The molecule has 0 saturated carbocycles. The third-order valence-electron chi connectivity index (χ3n) is 6.78. The first-order valence-corrected chi connectivity index (χ1v) is 15.0. The molecule has 1 aliphatic heterocycles. The number of anilines is 4. The van der Waals surface area contributed by atoms with E-state index in [0.29, 0.717) is 17.1 Å². The number of benzene rings is 2. The summed E-state index contributed by atoms with van der Waals surface area (Å²) in [5.74, 6) is 1.20. The topological polar surface area (TPSA) is 105 Å². The van der Waals surface area contributed by atoms with Crippen LogP contribution in [0.1, 0.15) is 51.7 Å². The monoisotopic (exact) mass is 567 g/mol. The first-order chi connectivity index (χ1) is 18.4. The SMILES string of the molecule is [B]C1(c2cc(OC(C)C)c(Nc3ncc(Cl)c(Nc4ccccc4S(=O)(=O)C(C)C)n3)cc2C)CCNCC1. The van der Waals surface area contributed by atoms with Gasteiger partial charge in [0.15, 0.2) is 15.7 Å². The summed E-state index contributed by atoms with van der Waals surface area (Å²) in [5, 5.41) is 8.96. The van der Waals surface area contributed by atoms with E-state index in [1.54, 1.807) is 38.1 Å². The lowest BCUT2D eigenvalue weighted by atomic mass is 9.58. The van der Waals surface area contributed by atoms with Crippen molar-refractivity contribution in [3.05, 3.63) is 58.7 Å². The maximum Gasteiger partial charge on any atom is 0.229 e. The maximum absolute atomic E-state index is 12.9. The van der Waals surface area contributed by atoms with Crippen LogP contribution in [0.3, 0.4) is 0 Å². The summed E-state index contributed by atoms with van der Waals surface area (Å²) < 4.78 is 32.0. The summed E-state index contributed by atoms with van der Waals surface area (Å²) in [6, 6.07) is 10.7. The number of rotatable bonds is 9. The summed E-state index contributed by atoms with van der Waals surface area (Å²) in [7, 11) is 3.31. The zero-order valence-corrected chi connectivity index (χ0v) is 24.6. The van der Waals surface area contributed by atoms with Crippen molar-refractivity contribution in [2.45, 2.75) is 69.0 Å². The summed E-state index contributed by atoms with van der Waals surface area (Å²) in [6.07, 6.45) is 3.08. The van der Waals surface area contributed by atoms with Gasteiger partial charge in [0.05, 0.1) is 41.7 Å².